The highest BCUT2D eigenvalue weighted by Crippen LogP contribution is 2.41. The Balaban J connectivity index is 2.39. The molecule has 2 aliphatic rings. The third kappa shape index (κ3) is 5.51. The normalized spacial score (nSPS) is 33.1. The van der Waals surface area contributed by atoms with E-state index in [0.29, 0.717) is 0 Å². The first-order valence-electron chi connectivity index (χ1n) is 11.4. The van der Waals surface area contributed by atoms with E-state index in [2.05, 4.69) is 10.6 Å². The minimum atomic E-state index is -2.34. The van der Waals surface area contributed by atoms with Crippen LogP contribution < -0.4 is 16.4 Å². The molecule has 0 aromatic rings. The predicted molar refractivity (Wildman–Crippen MR) is 113 cm³/mol. The second kappa shape index (κ2) is 11.3. The number of hydrogen-bond donors (Lipinski definition) is 6. The van der Waals surface area contributed by atoms with Crippen molar-refractivity contribution in [3.8, 4) is 0 Å². The summed E-state index contributed by atoms with van der Waals surface area (Å²) >= 11 is 0. The number of aliphatic hydroxyl groups is 2. The number of aliphatic carboxylic acids is 1. The Morgan fingerprint density at radius 2 is 1.75 bits per heavy atom. The summed E-state index contributed by atoms with van der Waals surface area (Å²) in [5.41, 5.74) is 4.02. The van der Waals surface area contributed by atoms with Crippen LogP contribution in [-0.4, -0.2) is 75.5 Å². The van der Waals surface area contributed by atoms with Gasteiger partial charge in [0.1, 0.15) is 6.04 Å². The Morgan fingerprint density at radius 3 is 2.25 bits per heavy atom. The molecule has 32 heavy (non-hydrogen) atoms. The summed E-state index contributed by atoms with van der Waals surface area (Å²) in [7, 11) is 0. The number of ether oxygens (including phenoxy) is 2. The molecule has 11 heteroatoms. The van der Waals surface area contributed by atoms with E-state index in [1.54, 1.807) is 13.8 Å². The molecular formula is C21H37N3O8. The maximum absolute atomic E-state index is 12.6. The van der Waals surface area contributed by atoms with E-state index < -0.39 is 60.1 Å². The van der Waals surface area contributed by atoms with Crippen LogP contribution in [0.1, 0.15) is 65.7 Å². The minimum absolute atomic E-state index is 0.0161. The van der Waals surface area contributed by atoms with Gasteiger partial charge in [0.2, 0.25) is 17.8 Å². The molecule has 4 unspecified atom stereocenters. The fourth-order valence-electron chi connectivity index (χ4n) is 4.82. The molecule has 0 bridgehead atoms. The number of amides is 2. The Labute approximate surface area is 188 Å². The molecule has 7 N–H and O–H groups in total. The third-order valence-corrected chi connectivity index (χ3v) is 6.50. The number of carboxylic acids is 1. The Bertz CT molecular complexity index is 671. The molecule has 2 rings (SSSR count). The lowest BCUT2D eigenvalue weighted by Gasteiger charge is -2.52. The molecule has 0 radical (unpaired) electrons. The molecule has 11 nitrogen and oxygen atoms in total. The van der Waals surface area contributed by atoms with Crippen LogP contribution >= 0.6 is 0 Å². The molecule has 0 spiro atoms. The molecule has 2 amide bonds. The van der Waals surface area contributed by atoms with Crippen molar-refractivity contribution in [3.05, 3.63) is 0 Å². The number of carbonyl (C=O) groups is 3. The van der Waals surface area contributed by atoms with Crippen LogP contribution in [0.25, 0.3) is 0 Å². The van der Waals surface area contributed by atoms with Crippen molar-refractivity contribution in [2.45, 2.75) is 108 Å². The van der Waals surface area contributed by atoms with Crippen molar-refractivity contribution in [2.75, 3.05) is 0 Å². The number of alkyl carbamates (subject to hydrolysis) is 1. The second-order valence-electron chi connectivity index (χ2n) is 8.70. The van der Waals surface area contributed by atoms with Crippen LogP contribution in [0.15, 0.2) is 0 Å². The molecule has 1 heterocycles. The Hall–Kier alpha value is -1.95. The van der Waals surface area contributed by atoms with Gasteiger partial charge in [0, 0.05) is 24.9 Å². The molecule has 1 saturated heterocycles. The van der Waals surface area contributed by atoms with Crippen molar-refractivity contribution in [1.82, 2.24) is 10.6 Å². The third-order valence-electron chi connectivity index (χ3n) is 6.50. The van der Waals surface area contributed by atoms with Crippen molar-refractivity contribution in [1.29, 1.82) is 0 Å². The fourth-order valence-corrected chi connectivity index (χ4v) is 4.82. The molecule has 1 aliphatic heterocycles. The standard InChI is InChI=1S/C21H37N3O8/c1-4-13(26)15-16(22)17(23-11(3)25)18(32-21(15,19(28)29)14(27)5-2)31-20(30)24-12-9-7-6-8-10-12/h12-18,26-27H,4-10,22H2,1-3H3,(H,23,25)(H,24,30)(H,28,29)/t13?,14?,15?,16-,17+,18-,21?/m0/s1. The van der Waals surface area contributed by atoms with Crippen LogP contribution in [0.2, 0.25) is 0 Å². The number of rotatable bonds is 8. The van der Waals surface area contributed by atoms with Gasteiger partial charge in [-0.1, -0.05) is 33.1 Å². The maximum Gasteiger partial charge on any atom is 0.409 e. The number of carbonyl (C=O) groups excluding carboxylic acids is 2. The average molecular weight is 460 g/mol. The van der Waals surface area contributed by atoms with E-state index in [-0.39, 0.29) is 18.9 Å². The number of carboxylic acid groups (broad SMARTS) is 1. The Kier molecular flexibility index (Phi) is 9.26. The van der Waals surface area contributed by atoms with Gasteiger partial charge in [-0.2, -0.15) is 0 Å². The number of aliphatic hydroxyl groups excluding tert-OH is 2. The smallest absolute Gasteiger partial charge is 0.409 e. The number of hydrogen-bond acceptors (Lipinski definition) is 8. The average Bonchev–Trinajstić information content (AvgIpc) is 2.75. The van der Waals surface area contributed by atoms with Crippen molar-refractivity contribution in [2.24, 2.45) is 11.7 Å². The van der Waals surface area contributed by atoms with Gasteiger partial charge in [-0.3, -0.25) is 4.79 Å². The van der Waals surface area contributed by atoms with Gasteiger partial charge >= 0.3 is 12.1 Å². The lowest BCUT2D eigenvalue weighted by Crippen LogP contribution is -2.76. The lowest BCUT2D eigenvalue weighted by atomic mass is 9.69. The van der Waals surface area contributed by atoms with Gasteiger partial charge < -0.3 is 41.2 Å². The summed E-state index contributed by atoms with van der Waals surface area (Å²) < 4.78 is 11.2. The van der Waals surface area contributed by atoms with Crippen molar-refractivity contribution < 1.29 is 39.2 Å². The fraction of sp³-hybridized carbons (Fsp3) is 0.857. The van der Waals surface area contributed by atoms with Gasteiger partial charge in [-0.05, 0) is 25.7 Å². The number of nitrogens with two attached hydrogens (primary N) is 1. The molecule has 0 aromatic heterocycles. The van der Waals surface area contributed by atoms with E-state index in [4.69, 9.17) is 15.2 Å². The zero-order valence-corrected chi connectivity index (χ0v) is 19.0. The van der Waals surface area contributed by atoms with Crippen molar-refractivity contribution in [3.63, 3.8) is 0 Å². The summed E-state index contributed by atoms with van der Waals surface area (Å²) in [6, 6.07) is -2.40. The number of nitrogens with one attached hydrogen (secondary N) is 2. The molecule has 7 atom stereocenters. The predicted octanol–water partition coefficient (Wildman–Crippen LogP) is 0.215. The van der Waals surface area contributed by atoms with Gasteiger partial charge in [-0.25, -0.2) is 9.59 Å². The topological polar surface area (TPSA) is 180 Å². The van der Waals surface area contributed by atoms with Crippen LogP contribution in [0, 0.1) is 5.92 Å². The zero-order valence-electron chi connectivity index (χ0n) is 19.0. The summed E-state index contributed by atoms with van der Waals surface area (Å²) in [6.45, 7) is 4.43. The van der Waals surface area contributed by atoms with Gasteiger partial charge in [0.25, 0.3) is 0 Å². The van der Waals surface area contributed by atoms with Crippen LogP contribution in [0.5, 0.6) is 0 Å². The summed E-state index contributed by atoms with van der Waals surface area (Å²) in [6.07, 6.45) is -0.461. The minimum Gasteiger partial charge on any atom is -0.479 e. The van der Waals surface area contributed by atoms with E-state index in [9.17, 15) is 29.7 Å². The van der Waals surface area contributed by atoms with Gasteiger partial charge in [0.15, 0.2) is 0 Å². The first-order valence-corrected chi connectivity index (χ1v) is 11.4. The van der Waals surface area contributed by atoms with E-state index in [0.717, 1.165) is 32.1 Å². The lowest BCUT2D eigenvalue weighted by molar-refractivity contribution is -0.288. The first-order chi connectivity index (χ1) is 15.1. The Morgan fingerprint density at radius 1 is 1.12 bits per heavy atom. The highest BCUT2D eigenvalue weighted by molar-refractivity contribution is 5.80. The van der Waals surface area contributed by atoms with Crippen LogP contribution in [0.3, 0.4) is 0 Å². The van der Waals surface area contributed by atoms with Crippen LogP contribution in [0.4, 0.5) is 4.79 Å². The summed E-state index contributed by atoms with van der Waals surface area (Å²) in [5.74, 6) is -3.32. The van der Waals surface area contributed by atoms with Crippen molar-refractivity contribution >= 4 is 18.0 Å². The quantitative estimate of drug-likeness (QED) is 0.296. The zero-order chi connectivity index (χ0) is 24.1. The highest BCUT2D eigenvalue weighted by atomic mass is 16.7. The highest BCUT2D eigenvalue weighted by Gasteiger charge is 2.64. The molecule has 1 saturated carbocycles. The molecule has 184 valence electrons. The largest absolute Gasteiger partial charge is 0.479 e. The molecule has 2 fully saturated rings. The molecule has 1 aliphatic carbocycles. The molecular weight excluding hydrogens is 422 g/mol. The first kappa shape index (κ1) is 26.3. The second-order valence-corrected chi connectivity index (χ2v) is 8.70. The van der Waals surface area contributed by atoms with E-state index in [1.807, 2.05) is 0 Å². The monoisotopic (exact) mass is 459 g/mol. The van der Waals surface area contributed by atoms with Gasteiger partial charge in [0.05, 0.1) is 12.2 Å². The van der Waals surface area contributed by atoms with E-state index in [1.165, 1.54) is 6.92 Å². The van der Waals surface area contributed by atoms with Crippen LogP contribution in [-0.2, 0) is 19.1 Å². The summed E-state index contributed by atoms with van der Waals surface area (Å²) in [5, 5.41) is 36.8. The maximum atomic E-state index is 12.6. The van der Waals surface area contributed by atoms with Gasteiger partial charge in [-0.15, -0.1) is 0 Å². The summed E-state index contributed by atoms with van der Waals surface area (Å²) in [4.78, 5) is 36.8. The SMILES string of the molecule is CCC(O)C1[C@H](N)[C@@H](NC(C)=O)[C@@H](OC(=O)NC2CCCCC2)OC1(C(=O)O)C(O)CC. The molecule has 0 aromatic carbocycles. The van der Waals surface area contributed by atoms with E-state index >= 15 is 0 Å².